The Hall–Kier alpha value is -2.44. The van der Waals surface area contributed by atoms with E-state index in [9.17, 15) is 9.18 Å². The standard InChI is InChI=1S/C19H25FN4O2/c1-3-26-17(25)13-24(16-11-9-15(20)10-12-16)19-22-21-18(23(19)2)14-7-5-4-6-8-14/h9-12,14H,3-8,13H2,1-2H3. The van der Waals surface area contributed by atoms with Crippen molar-refractivity contribution < 1.29 is 13.9 Å². The zero-order chi connectivity index (χ0) is 18.5. The number of ether oxygens (including phenoxy) is 1. The molecule has 0 atom stereocenters. The quantitative estimate of drug-likeness (QED) is 0.735. The number of nitrogens with zero attached hydrogens (tertiary/aromatic N) is 4. The van der Waals surface area contributed by atoms with Crippen LogP contribution in [0.2, 0.25) is 0 Å². The first-order valence-corrected chi connectivity index (χ1v) is 9.18. The van der Waals surface area contributed by atoms with E-state index in [4.69, 9.17) is 4.74 Å². The SMILES string of the molecule is CCOC(=O)CN(c1ccc(F)cc1)c1nnc(C2CCCCC2)n1C. The molecule has 3 rings (SSSR count). The fourth-order valence-corrected chi connectivity index (χ4v) is 3.52. The van der Waals surface area contributed by atoms with Gasteiger partial charge in [-0.15, -0.1) is 10.2 Å². The summed E-state index contributed by atoms with van der Waals surface area (Å²) in [5.74, 6) is 1.21. The van der Waals surface area contributed by atoms with Crippen molar-refractivity contribution in [3.63, 3.8) is 0 Å². The van der Waals surface area contributed by atoms with Crippen molar-refractivity contribution in [1.29, 1.82) is 0 Å². The molecule has 6 nitrogen and oxygen atoms in total. The molecule has 1 aliphatic carbocycles. The number of rotatable bonds is 6. The van der Waals surface area contributed by atoms with Gasteiger partial charge in [-0.2, -0.15) is 0 Å². The first-order chi connectivity index (χ1) is 12.6. The van der Waals surface area contributed by atoms with E-state index in [0.717, 1.165) is 18.7 Å². The van der Waals surface area contributed by atoms with Gasteiger partial charge in [0.15, 0.2) is 0 Å². The van der Waals surface area contributed by atoms with Gasteiger partial charge in [0.1, 0.15) is 18.2 Å². The summed E-state index contributed by atoms with van der Waals surface area (Å²) in [5.41, 5.74) is 0.671. The van der Waals surface area contributed by atoms with E-state index in [1.54, 1.807) is 24.0 Å². The summed E-state index contributed by atoms with van der Waals surface area (Å²) in [7, 11) is 1.92. The van der Waals surface area contributed by atoms with Gasteiger partial charge in [0.2, 0.25) is 5.95 Å². The molecule has 1 aromatic carbocycles. The second-order valence-corrected chi connectivity index (χ2v) is 6.62. The third kappa shape index (κ3) is 4.03. The number of carbonyl (C=O) groups excluding carboxylic acids is 1. The van der Waals surface area contributed by atoms with Gasteiger partial charge in [0.05, 0.1) is 6.61 Å². The highest BCUT2D eigenvalue weighted by Gasteiger charge is 2.25. The van der Waals surface area contributed by atoms with E-state index in [-0.39, 0.29) is 18.3 Å². The molecule has 0 aliphatic heterocycles. The molecular formula is C19H25FN4O2. The lowest BCUT2D eigenvalue weighted by molar-refractivity contribution is -0.141. The lowest BCUT2D eigenvalue weighted by Crippen LogP contribution is -2.29. The number of halogens is 1. The van der Waals surface area contributed by atoms with Gasteiger partial charge in [-0.1, -0.05) is 19.3 Å². The molecule has 140 valence electrons. The Morgan fingerprint density at radius 1 is 1.23 bits per heavy atom. The van der Waals surface area contributed by atoms with Crippen LogP contribution in [0.15, 0.2) is 24.3 Å². The summed E-state index contributed by atoms with van der Waals surface area (Å²) in [4.78, 5) is 13.8. The number of benzene rings is 1. The molecule has 7 heteroatoms. The largest absolute Gasteiger partial charge is 0.465 e. The molecule has 1 aliphatic rings. The second kappa shape index (κ2) is 8.29. The predicted molar refractivity (Wildman–Crippen MR) is 96.9 cm³/mol. The highest BCUT2D eigenvalue weighted by molar-refractivity contribution is 5.78. The smallest absolute Gasteiger partial charge is 0.326 e. The molecule has 1 saturated carbocycles. The molecule has 1 aromatic heterocycles. The highest BCUT2D eigenvalue weighted by Crippen LogP contribution is 2.33. The van der Waals surface area contributed by atoms with E-state index >= 15 is 0 Å². The minimum absolute atomic E-state index is 0.00386. The van der Waals surface area contributed by atoms with Gasteiger partial charge in [0.25, 0.3) is 0 Å². The Balaban J connectivity index is 1.92. The van der Waals surface area contributed by atoms with Crippen LogP contribution in [0, 0.1) is 5.82 Å². The molecule has 26 heavy (non-hydrogen) atoms. The Morgan fingerprint density at radius 3 is 2.58 bits per heavy atom. The maximum Gasteiger partial charge on any atom is 0.326 e. The third-order valence-electron chi connectivity index (χ3n) is 4.83. The molecule has 0 bridgehead atoms. The Bertz CT molecular complexity index is 738. The van der Waals surface area contributed by atoms with Crippen molar-refractivity contribution in [3.8, 4) is 0 Å². The summed E-state index contributed by atoms with van der Waals surface area (Å²) in [6, 6.07) is 5.99. The lowest BCUT2D eigenvalue weighted by atomic mass is 9.89. The van der Waals surface area contributed by atoms with Crippen LogP contribution in [0.3, 0.4) is 0 Å². The van der Waals surface area contributed by atoms with Gasteiger partial charge in [-0.3, -0.25) is 14.3 Å². The van der Waals surface area contributed by atoms with Crippen molar-refractivity contribution >= 4 is 17.6 Å². The number of anilines is 2. The number of esters is 1. The van der Waals surface area contributed by atoms with Crippen molar-refractivity contribution in [3.05, 3.63) is 35.9 Å². The summed E-state index contributed by atoms with van der Waals surface area (Å²) in [6.45, 7) is 2.07. The molecule has 1 heterocycles. The molecule has 2 aromatic rings. The Kier molecular flexibility index (Phi) is 5.85. The Labute approximate surface area is 153 Å². The van der Waals surface area contributed by atoms with Gasteiger partial charge < -0.3 is 4.74 Å². The van der Waals surface area contributed by atoms with Crippen LogP contribution in [-0.2, 0) is 16.6 Å². The minimum Gasteiger partial charge on any atom is -0.465 e. The first-order valence-electron chi connectivity index (χ1n) is 9.18. The average molecular weight is 360 g/mol. The second-order valence-electron chi connectivity index (χ2n) is 6.62. The molecular weight excluding hydrogens is 335 g/mol. The Morgan fingerprint density at radius 2 is 1.92 bits per heavy atom. The van der Waals surface area contributed by atoms with Crippen LogP contribution < -0.4 is 4.90 Å². The molecule has 0 unspecified atom stereocenters. The van der Waals surface area contributed by atoms with Gasteiger partial charge in [-0.05, 0) is 44.0 Å². The van der Waals surface area contributed by atoms with Crippen molar-refractivity contribution in [2.24, 2.45) is 7.05 Å². The van der Waals surface area contributed by atoms with Crippen molar-refractivity contribution in [1.82, 2.24) is 14.8 Å². The highest BCUT2D eigenvalue weighted by atomic mass is 19.1. The predicted octanol–water partition coefficient (Wildman–Crippen LogP) is 3.70. The zero-order valence-corrected chi connectivity index (χ0v) is 15.3. The molecule has 0 radical (unpaired) electrons. The van der Waals surface area contributed by atoms with Crippen LogP contribution in [0.1, 0.15) is 50.8 Å². The van der Waals surface area contributed by atoms with E-state index in [2.05, 4.69) is 10.2 Å². The maximum absolute atomic E-state index is 13.3. The van der Waals surface area contributed by atoms with Gasteiger partial charge in [-0.25, -0.2) is 4.39 Å². The van der Waals surface area contributed by atoms with Gasteiger partial charge >= 0.3 is 5.97 Å². The van der Waals surface area contributed by atoms with Crippen LogP contribution in [0.5, 0.6) is 0 Å². The van der Waals surface area contributed by atoms with E-state index in [0.29, 0.717) is 24.2 Å². The molecule has 1 fully saturated rings. The monoisotopic (exact) mass is 360 g/mol. The normalized spacial score (nSPS) is 15.0. The molecule has 0 N–H and O–H groups in total. The number of aromatic nitrogens is 3. The van der Waals surface area contributed by atoms with Crippen molar-refractivity contribution in [2.45, 2.75) is 44.9 Å². The summed E-state index contributed by atoms with van der Waals surface area (Å²) >= 11 is 0. The summed E-state index contributed by atoms with van der Waals surface area (Å²) in [6.07, 6.45) is 5.90. The summed E-state index contributed by atoms with van der Waals surface area (Å²) < 4.78 is 20.4. The fourth-order valence-electron chi connectivity index (χ4n) is 3.52. The number of hydrogen-bond acceptors (Lipinski definition) is 5. The lowest BCUT2D eigenvalue weighted by Gasteiger charge is -2.24. The van der Waals surface area contributed by atoms with Crippen LogP contribution in [0.4, 0.5) is 16.0 Å². The van der Waals surface area contributed by atoms with E-state index in [1.807, 2.05) is 11.6 Å². The zero-order valence-electron chi connectivity index (χ0n) is 15.3. The van der Waals surface area contributed by atoms with E-state index in [1.165, 1.54) is 31.4 Å². The van der Waals surface area contributed by atoms with Crippen LogP contribution in [-0.4, -0.2) is 33.9 Å². The van der Waals surface area contributed by atoms with Crippen molar-refractivity contribution in [2.75, 3.05) is 18.1 Å². The number of hydrogen-bond donors (Lipinski definition) is 0. The fraction of sp³-hybridized carbons (Fsp3) is 0.526. The average Bonchev–Trinajstić information content (AvgIpc) is 3.03. The maximum atomic E-state index is 13.3. The summed E-state index contributed by atoms with van der Waals surface area (Å²) in [5, 5.41) is 8.74. The molecule has 0 spiro atoms. The topological polar surface area (TPSA) is 60.2 Å². The minimum atomic E-state index is -0.362. The molecule has 0 saturated heterocycles. The van der Waals surface area contributed by atoms with Gasteiger partial charge in [0, 0.05) is 18.7 Å². The molecule has 0 amide bonds. The number of carbonyl (C=O) groups is 1. The van der Waals surface area contributed by atoms with Crippen LogP contribution in [0.25, 0.3) is 0 Å². The first kappa shape index (κ1) is 18.4. The van der Waals surface area contributed by atoms with E-state index < -0.39 is 0 Å². The van der Waals surface area contributed by atoms with Crippen LogP contribution >= 0.6 is 0 Å². The third-order valence-corrected chi connectivity index (χ3v) is 4.83.